The van der Waals surface area contributed by atoms with E-state index >= 15 is 0 Å². The number of aliphatic hydroxyl groups excluding tert-OH is 1. The van der Waals surface area contributed by atoms with Gasteiger partial charge in [-0.25, -0.2) is 0 Å². The number of aliphatic hydroxyl groups is 1. The van der Waals surface area contributed by atoms with E-state index in [1.807, 2.05) is 24.0 Å². The van der Waals surface area contributed by atoms with E-state index in [9.17, 15) is 4.79 Å². The summed E-state index contributed by atoms with van der Waals surface area (Å²) in [6.07, 6.45) is 2.63. The third-order valence-corrected chi connectivity index (χ3v) is 4.59. The fraction of sp³-hybridized carbons (Fsp3) is 0.562. The molecule has 1 aliphatic rings. The third kappa shape index (κ3) is 4.06. The van der Waals surface area contributed by atoms with E-state index in [4.69, 9.17) is 5.11 Å². The smallest absolute Gasteiger partial charge is 0.225 e. The molecule has 20 heavy (non-hydrogen) atoms. The van der Waals surface area contributed by atoms with E-state index < -0.39 is 0 Å². The first kappa shape index (κ1) is 15.5. The van der Waals surface area contributed by atoms with Crippen molar-refractivity contribution in [3.05, 3.63) is 34.3 Å². The molecule has 1 unspecified atom stereocenters. The minimum absolute atomic E-state index is 0.0156. The number of carbonyl (C=O) groups excluding carboxylic acids is 1. The molecule has 2 rings (SSSR count). The molecule has 1 aromatic rings. The highest BCUT2D eigenvalue weighted by Gasteiger charge is 2.25. The summed E-state index contributed by atoms with van der Waals surface area (Å²) in [5, 5.41) is 9.14. The van der Waals surface area contributed by atoms with Gasteiger partial charge in [0.15, 0.2) is 0 Å². The summed E-state index contributed by atoms with van der Waals surface area (Å²) < 4.78 is 1.06. The van der Waals surface area contributed by atoms with Gasteiger partial charge in [0, 0.05) is 30.1 Å². The van der Waals surface area contributed by atoms with E-state index in [2.05, 4.69) is 28.1 Å². The van der Waals surface area contributed by atoms with Crippen LogP contribution in [-0.2, 0) is 11.2 Å². The summed E-state index contributed by atoms with van der Waals surface area (Å²) >= 11 is 3.42. The molecule has 110 valence electrons. The van der Waals surface area contributed by atoms with Gasteiger partial charge in [-0.15, -0.1) is 0 Å². The number of benzene rings is 1. The van der Waals surface area contributed by atoms with Crippen LogP contribution in [0.15, 0.2) is 28.7 Å². The number of carbonyl (C=O) groups is 1. The molecule has 1 aliphatic heterocycles. The number of likely N-dealkylation sites (tertiary alicyclic amines) is 1. The molecular formula is C16H22BrNO2. The lowest BCUT2D eigenvalue weighted by atomic mass is 9.95. The van der Waals surface area contributed by atoms with Gasteiger partial charge in [-0.1, -0.05) is 35.0 Å². The Morgan fingerprint density at radius 2 is 1.95 bits per heavy atom. The first-order chi connectivity index (χ1) is 9.60. The highest BCUT2D eigenvalue weighted by molar-refractivity contribution is 9.10. The van der Waals surface area contributed by atoms with Crippen LogP contribution in [0, 0.1) is 11.8 Å². The number of hydrogen-bond donors (Lipinski definition) is 1. The summed E-state index contributed by atoms with van der Waals surface area (Å²) in [7, 11) is 0. The highest BCUT2D eigenvalue weighted by Crippen LogP contribution is 2.20. The summed E-state index contributed by atoms with van der Waals surface area (Å²) in [4.78, 5) is 14.4. The Labute approximate surface area is 129 Å². The molecule has 1 atom stereocenters. The minimum Gasteiger partial charge on any atom is -0.396 e. The maximum Gasteiger partial charge on any atom is 0.225 e. The van der Waals surface area contributed by atoms with Gasteiger partial charge < -0.3 is 10.0 Å². The van der Waals surface area contributed by atoms with Crippen LogP contribution in [0.25, 0.3) is 0 Å². The predicted molar refractivity (Wildman–Crippen MR) is 83.4 cm³/mol. The van der Waals surface area contributed by atoms with E-state index in [1.165, 1.54) is 5.56 Å². The number of rotatable bonds is 4. The minimum atomic E-state index is 0.0156. The molecule has 1 fully saturated rings. The molecule has 1 N–H and O–H groups in total. The molecule has 0 saturated carbocycles. The summed E-state index contributed by atoms with van der Waals surface area (Å²) in [6, 6.07) is 8.15. The molecule has 1 saturated heterocycles. The van der Waals surface area contributed by atoms with Crippen LogP contribution >= 0.6 is 15.9 Å². The molecule has 0 aliphatic carbocycles. The first-order valence-electron chi connectivity index (χ1n) is 7.24. The zero-order valence-corrected chi connectivity index (χ0v) is 13.5. The maximum absolute atomic E-state index is 12.4. The summed E-state index contributed by atoms with van der Waals surface area (Å²) in [6.45, 7) is 3.82. The van der Waals surface area contributed by atoms with Crippen LogP contribution in [-0.4, -0.2) is 35.6 Å². The Morgan fingerprint density at radius 3 is 2.50 bits per heavy atom. The zero-order valence-electron chi connectivity index (χ0n) is 11.9. The van der Waals surface area contributed by atoms with Crippen molar-refractivity contribution in [1.29, 1.82) is 0 Å². The summed E-state index contributed by atoms with van der Waals surface area (Å²) in [5.74, 6) is 0.631. The van der Waals surface area contributed by atoms with Crippen LogP contribution in [0.4, 0.5) is 0 Å². The van der Waals surface area contributed by atoms with Crippen molar-refractivity contribution < 1.29 is 9.90 Å². The van der Waals surface area contributed by atoms with Gasteiger partial charge in [0.2, 0.25) is 5.91 Å². The molecular weight excluding hydrogens is 318 g/mol. The molecule has 1 aromatic carbocycles. The number of hydrogen-bond acceptors (Lipinski definition) is 2. The van der Waals surface area contributed by atoms with Gasteiger partial charge in [-0.2, -0.15) is 0 Å². The average Bonchev–Trinajstić information content (AvgIpc) is 2.49. The third-order valence-electron chi connectivity index (χ3n) is 4.06. The predicted octanol–water partition coefficient (Wildman–Crippen LogP) is 2.86. The van der Waals surface area contributed by atoms with Crippen LogP contribution in [0.1, 0.15) is 25.3 Å². The normalized spacial score (nSPS) is 18.1. The molecule has 1 heterocycles. The van der Waals surface area contributed by atoms with Crippen molar-refractivity contribution >= 4 is 21.8 Å². The molecule has 0 spiro atoms. The second kappa shape index (κ2) is 7.23. The molecule has 0 bridgehead atoms. The Morgan fingerprint density at radius 1 is 1.35 bits per heavy atom. The lowest BCUT2D eigenvalue weighted by molar-refractivity contribution is -0.136. The Balaban J connectivity index is 1.87. The maximum atomic E-state index is 12.4. The molecule has 4 heteroatoms. The lowest BCUT2D eigenvalue weighted by Crippen LogP contribution is -2.42. The van der Waals surface area contributed by atoms with Gasteiger partial charge in [-0.3, -0.25) is 4.79 Å². The Kier molecular flexibility index (Phi) is 5.61. The van der Waals surface area contributed by atoms with Gasteiger partial charge in [-0.05, 0) is 42.9 Å². The second-order valence-electron chi connectivity index (χ2n) is 5.68. The van der Waals surface area contributed by atoms with Crippen LogP contribution in [0.2, 0.25) is 0 Å². The standard InChI is InChI=1S/C16H22BrNO2/c1-12(10-13-2-4-15(17)5-3-13)16(20)18-8-6-14(11-19)7-9-18/h2-5,12,14,19H,6-11H2,1H3. The van der Waals surface area contributed by atoms with E-state index in [1.54, 1.807) is 0 Å². The van der Waals surface area contributed by atoms with Crippen molar-refractivity contribution in [1.82, 2.24) is 4.90 Å². The number of halogens is 1. The average molecular weight is 340 g/mol. The van der Waals surface area contributed by atoms with Crippen LogP contribution in [0.3, 0.4) is 0 Å². The van der Waals surface area contributed by atoms with Crippen LogP contribution < -0.4 is 0 Å². The van der Waals surface area contributed by atoms with E-state index in [-0.39, 0.29) is 18.4 Å². The monoisotopic (exact) mass is 339 g/mol. The highest BCUT2D eigenvalue weighted by atomic mass is 79.9. The zero-order chi connectivity index (χ0) is 14.5. The first-order valence-corrected chi connectivity index (χ1v) is 8.03. The SMILES string of the molecule is CC(Cc1ccc(Br)cc1)C(=O)N1CCC(CO)CC1. The van der Waals surface area contributed by atoms with Crippen molar-refractivity contribution in [2.45, 2.75) is 26.2 Å². The quantitative estimate of drug-likeness (QED) is 0.916. The summed E-state index contributed by atoms with van der Waals surface area (Å²) in [5.41, 5.74) is 1.19. The molecule has 0 aromatic heterocycles. The van der Waals surface area contributed by atoms with Crippen LogP contribution in [0.5, 0.6) is 0 Å². The fourth-order valence-corrected chi connectivity index (χ4v) is 2.97. The topological polar surface area (TPSA) is 40.5 Å². The van der Waals surface area contributed by atoms with Gasteiger partial charge in [0.1, 0.15) is 0 Å². The Bertz CT molecular complexity index is 438. The number of piperidine rings is 1. The van der Waals surface area contributed by atoms with E-state index in [0.29, 0.717) is 5.92 Å². The number of nitrogens with zero attached hydrogens (tertiary/aromatic N) is 1. The van der Waals surface area contributed by atoms with Gasteiger partial charge in [0.05, 0.1) is 0 Å². The van der Waals surface area contributed by atoms with Crippen molar-refractivity contribution in [3.8, 4) is 0 Å². The molecule has 3 nitrogen and oxygen atoms in total. The largest absolute Gasteiger partial charge is 0.396 e. The van der Waals surface area contributed by atoms with Crippen molar-refractivity contribution in [3.63, 3.8) is 0 Å². The Hall–Kier alpha value is -0.870. The number of amides is 1. The van der Waals surface area contributed by atoms with Crippen molar-refractivity contribution in [2.75, 3.05) is 19.7 Å². The second-order valence-corrected chi connectivity index (χ2v) is 6.60. The lowest BCUT2D eigenvalue weighted by Gasteiger charge is -2.33. The molecule has 1 amide bonds. The van der Waals surface area contributed by atoms with Gasteiger partial charge >= 0.3 is 0 Å². The fourth-order valence-electron chi connectivity index (χ4n) is 2.71. The van der Waals surface area contributed by atoms with Crippen molar-refractivity contribution in [2.24, 2.45) is 11.8 Å². The molecule has 0 radical (unpaired) electrons. The van der Waals surface area contributed by atoms with Gasteiger partial charge in [0.25, 0.3) is 0 Å². The van der Waals surface area contributed by atoms with E-state index in [0.717, 1.165) is 36.8 Å².